The topological polar surface area (TPSA) is 163 Å². The Balaban J connectivity index is 1.48. The van der Waals surface area contributed by atoms with Crippen molar-refractivity contribution in [3.8, 4) is 5.75 Å². The number of amides is 3. The molecule has 2 aromatic heterocycles. The van der Waals surface area contributed by atoms with Crippen LogP contribution in [0.15, 0.2) is 55.0 Å². The summed E-state index contributed by atoms with van der Waals surface area (Å²) in [4.78, 5) is 62.8. The van der Waals surface area contributed by atoms with Gasteiger partial charge >= 0.3 is 12.1 Å². The fourth-order valence-electron chi connectivity index (χ4n) is 4.64. The van der Waals surface area contributed by atoms with Gasteiger partial charge in [-0.3, -0.25) is 9.59 Å². The predicted molar refractivity (Wildman–Crippen MR) is 169 cm³/mol. The summed E-state index contributed by atoms with van der Waals surface area (Å²) in [7, 11) is 1.94. The largest absolute Gasteiger partial charge is 0.424 e. The molecule has 14 nitrogen and oxygen atoms in total. The summed E-state index contributed by atoms with van der Waals surface area (Å²) < 4.78 is 16.6. The molecule has 240 valence electrons. The molecule has 1 saturated carbocycles. The van der Waals surface area contributed by atoms with Gasteiger partial charge in [0.05, 0.1) is 26.3 Å². The van der Waals surface area contributed by atoms with Crippen molar-refractivity contribution < 1.29 is 38.2 Å². The highest BCUT2D eigenvalue weighted by molar-refractivity contribution is 7.09. The first-order chi connectivity index (χ1) is 22.2. The molecular weight excluding hydrogens is 615 g/mol. The number of ether oxygens (including phenoxy) is 2. The molecule has 15 heteroatoms. The van der Waals surface area contributed by atoms with Gasteiger partial charge in [-0.05, 0) is 80.6 Å². The molecule has 1 unspecified atom stereocenters. The fraction of sp³-hybridized carbons (Fsp3) is 0.290. The van der Waals surface area contributed by atoms with Crippen molar-refractivity contribution >= 4 is 50.4 Å². The molecule has 0 bridgehead atoms. The number of nitrogens with one attached hydrogen (secondary N) is 2. The second-order valence-corrected chi connectivity index (χ2v) is 10.7. The number of hydrogen-bond donors (Lipinski definition) is 2. The van der Waals surface area contributed by atoms with Gasteiger partial charge < -0.3 is 25.0 Å². The predicted octanol–water partition coefficient (Wildman–Crippen LogP) is 4.57. The summed E-state index contributed by atoms with van der Waals surface area (Å²) in [6.45, 7) is 5.19. The average molecular weight is 649 g/mol. The molecule has 0 spiro atoms. The van der Waals surface area contributed by atoms with Gasteiger partial charge in [-0.1, -0.05) is 13.0 Å². The Morgan fingerprint density at radius 1 is 1.02 bits per heavy atom. The van der Waals surface area contributed by atoms with Gasteiger partial charge in [-0.15, -0.1) is 0 Å². The zero-order valence-electron chi connectivity index (χ0n) is 25.4. The van der Waals surface area contributed by atoms with Crippen LogP contribution in [0, 0.1) is 13.8 Å². The van der Waals surface area contributed by atoms with Gasteiger partial charge in [-0.2, -0.15) is 9.77 Å². The third-order valence-electron chi connectivity index (χ3n) is 7.21. The molecule has 2 heterocycles. The number of hydrogen-bond acceptors (Lipinski definition) is 10. The molecule has 3 amide bonds. The number of esters is 1. The van der Waals surface area contributed by atoms with Gasteiger partial charge in [0.1, 0.15) is 11.8 Å². The van der Waals surface area contributed by atoms with Crippen LogP contribution in [0.2, 0.25) is 0 Å². The van der Waals surface area contributed by atoms with Gasteiger partial charge in [-0.25, -0.2) is 24.0 Å². The monoisotopic (exact) mass is 648 g/mol. The van der Waals surface area contributed by atoms with E-state index in [2.05, 4.69) is 25.4 Å². The lowest BCUT2D eigenvalue weighted by Gasteiger charge is -2.24. The number of benzene rings is 2. The molecule has 0 aliphatic heterocycles. The molecule has 2 aromatic carbocycles. The van der Waals surface area contributed by atoms with Crippen molar-refractivity contribution in [3.63, 3.8) is 0 Å². The maximum absolute atomic E-state index is 13.9. The zero-order valence-corrected chi connectivity index (χ0v) is 26.6. The Hall–Kier alpha value is -5.07. The number of carbonyl (C=O) groups is 4. The minimum atomic E-state index is -0.949. The van der Waals surface area contributed by atoms with E-state index in [4.69, 9.17) is 14.4 Å². The van der Waals surface area contributed by atoms with Crippen molar-refractivity contribution in [1.29, 1.82) is 0 Å². The van der Waals surface area contributed by atoms with E-state index in [1.165, 1.54) is 40.0 Å². The lowest BCUT2D eigenvalue weighted by atomic mass is 10.1. The van der Waals surface area contributed by atoms with Crippen molar-refractivity contribution in [2.24, 2.45) is 0 Å². The number of aromatic nitrogens is 3. The zero-order chi connectivity index (χ0) is 32.8. The van der Waals surface area contributed by atoms with Crippen LogP contribution >= 0.6 is 9.47 Å². The first kappa shape index (κ1) is 32.3. The number of rotatable bonds is 12. The summed E-state index contributed by atoms with van der Waals surface area (Å²) in [5.41, 5.74) is 2.67. The summed E-state index contributed by atoms with van der Waals surface area (Å²) in [5, 5.41) is 10.1. The highest BCUT2D eigenvalue weighted by atomic mass is 31.0. The smallest absolute Gasteiger partial charge is 0.423 e. The summed E-state index contributed by atoms with van der Waals surface area (Å²) >= 11 is 0. The number of nitrogens with zero attached hydrogens (tertiary/aromatic N) is 4. The van der Waals surface area contributed by atoms with E-state index in [0.29, 0.717) is 45.8 Å². The molecule has 4 aromatic rings. The molecule has 1 aliphatic carbocycles. The normalized spacial score (nSPS) is 12.3. The van der Waals surface area contributed by atoms with Crippen LogP contribution in [-0.2, 0) is 14.1 Å². The van der Waals surface area contributed by atoms with E-state index < -0.39 is 18.9 Å². The van der Waals surface area contributed by atoms with Crippen molar-refractivity contribution in [2.75, 3.05) is 18.2 Å². The van der Waals surface area contributed by atoms with Crippen LogP contribution in [-0.4, -0.2) is 57.9 Å². The third-order valence-corrected chi connectivity index (χ3v) is 7.31. The van der Waals surface area contributed by atoms with Gasteiger partial charge in [0.15, 0.2) is 11.6 Å². The maximum Gasteiger partial charge on any atom is 0.423 e. The van der Waals surface area contributed by atoms with Crippen LogP contribution in [0.25, 0.3) is 5.52 Å². The Morgan fingerprint density at radius 2 is 1.76 bits per heavy atom. The minimum absolute atomic E-state index is 0.0908. The molecular formula is C31H33N6O8P. The number of fused-ring (bicyclic) bond motifs is 1. The highest BCUT2D eigenvalue weighted by Crippen LogP contribution is 2.34. The van der Waals surface area contributed by atoms with E-state index in [1.807, 2.05) is 16.4 Å². The van der Waals surface area contributed by atoms with Crippen LogP contribution in [0.1, 0.15) is 68.4 Å². The van der Waals surface area contributed by atoms with Crippen LogP contribution in [0.3, 0.4) is 0 Å². The van der Waals surface area contributed by atoms with Crippen LogP contribution in [0.5, 0.6) is 5.75 Å². The quantitative estimate of drug-likeness (QED) is 0.0732. The second-order valence-electron chi connectivity index (χ2n) is 10.5. The summed E-state index contributed by atoms with van der Waals surface area (Å²) in [5.74, 6) is -0.879. The van der Waals surface area contributed by atoms with E-state index in [-0.39, 0.29) is 29.2 Å². The Kier molecular flexibility index (Phi) is 10.1. The standard InChI is InChI=1S/C31H33N6O8P/c1-4-13-32-29(39)24-15-36-26(19(24)3)27(33-16-34-36)37(25-14-21(6-5-18(25)2)28(38)35-22-9-10-22)31(41)43-17-42-30(40)20-7-11-23(12-8-20)44-45-46/h5-8,11-12,14-16,22H,4,9-10,13,17,46H2,1-3H3,(H,32,39)(H,35,38). The number of anilines is 2. The fourth-order valence-corrected chi connectivity index (χ4v) is 4.75. The molecule has 1 fully saturated rings. The van der Waals surface area contributed by atoms with E-state index in [0.717, 1.165) is 19.3 Å². The van der Waals surface area contributed by atoms with Gasteiger partial charge in [0.25, 0.3) is 11.8 Å². The molecule has 2 N–H and O–H groups in total. The molecule has 46 heavy (non-hydrogen) atoms. The first-order valence-electron chi connectivity index (χ1n) is 14.5. The average Bonchev–Trinajstić information content (AvgIpc) is 3.80. The molecule has 0 saturated heterocycles. The van der Waals surface area contributed by atoms with Crippen LogP contribution < -0.4 is 20.4 Å². The van der Waals surface area contributed by atoms with Gasteiger partial charge in [0.2, 0.25) is 6.79 Å². The molecule has 0 radical (unpaired) electrons. The van der Waals surface area contributed by atoms with E-state index in [9.17, 15) is 19.2 Å². The van der Waals surface area contributed by atoms with Gasteiger partial charge in [0, 0.05) is 24.3 Å². The molecule has 1 aliphatic rings. The Labute approximate surface area is 266 Å². The number of carbonyl (C=O) groups excluding carboxylic acids is 4. The SMILES string of the molecule is CCCNC(=O)c1cn2ncnc(N(C(=O)OCOC(=O)c3ccc(OOP)cc3)c3cc(C(=O)NC4CC4)ccc3C)c2c1C. The first-order valence-corrected chi connectivity index (χ1v) is 15.0. The van der Waals surface area contributed by atoms with Crippen LogP contribution in [0.4, 0.5) is 16.3 Å². The highest BCUT2D eigenvalue weighted by Gasteiger charge is 2.30. The van der Waals surface area contributed by atoms with E-state index in [1.54, 1.807) is 38.2 Å². The second kappa shape index (κ2) is 14.4. The van der Waals surface area contributed by atoms with E-state index >= 15 is 0 Å². The Bertz CT molecular complexity index is 1770. The molecule has 1 atom stereocenters. The minimum Gasteiger partial charge on any atom is -0.424 e. The lowest BCUT2D eigenvalue weighted by molar-refractivity contribution is -0.0799. The lowest BCUT2D eigenvalue weighted by Crippen LogP contribution is -2.31. The molecule has 5 rings (SSSR count). The van der Waals surface area contributed by atoms with Crippen molar-refractivity contribution in [1.82, 2.24) is 25.2 Å². The van der Waals surface area contributed by atoms with Crippen molar-refractivity contribution in [2.45, 2.75) is 46.1 Å². The number of aryl methyl sites for hydroxylation is 2. The summed E-state index contributed by atoms with van der Waals surface area (Å²) in [6, 6.07) is 11.0. The van der Waals surface area contributed by atoms with Crippen molar-refractivity contribution in [3.05, 3.63) is 82.8 Å². The third kappa shape index (κ3) is 7.24. The Morgan fingerprint density at radius 3 is 2.46 bits per heavy atom. The maximum atomic E-state index is 13.9. The summed E-state index contributed by atoms with van der Waals surface area (Å²) in [6.07, 6.45) is 4.42.